The van der Waals surface area contributed by atoms with E-state index < -0.39 is 11.8 Å². The summed E-state index contributed by atoms with van der Waals surface area (Å²) in [4.78, 5) is 47.9. The van der Waals surface area contributed by atoms with Crippen LogP contribution in [0.1, 0.15) is 33.8 Å². The highest BCUT2D eigenvalue weighted by molar-refractivity contribution is 5.98. The Labute approximate surface area is 216 Å². The molecule has 10 nitrogen and oxygen atoms in total. The molecule has 0 bridgehead atoms. The third kappa shape index (κ3) is 5.14. The zero-order valence-electron chi connectivity index (χ0n) is 21.2. The number of furan rings is 1. The summed E-state index contributed by atoms with van der Waals surface area (Å²) in [6.45, 7) is 5.18. The van der Waals surface area contributed by atoms with E-state index in [1.54, 1.807) is 41.2 Å². The fourth-order valence-corrected chi connectivity index (χ4v) is 5.51. The van der Waals surface area contributed by atoms with Crippen LogP contribution in [-0.2, 0) is 14.3 Å². The summed E-state index contributed by atoms with van der Waals surface area (Å²) in [5.41, 5.74) is -0.420. The molecule has 37 heavy (non-hydrogen) atoms. The summed E-state index contributed by atoms with van der Waals surface area (Å²) in [6.07, 6.45) is 2.33. The van der Waals surface area contributed by atoms with E-state index >= 15 is 0 Å². The van der Waals surface area contributed by atoms with Crippen molar-refractivity contribution in [3.8, 4) is 0 Å². The fraction of sp³-hybridized carbons (Fsp3) is 0.519. The van der Waals surface area contributed by atoms with Crippen molar-refractivity contribution in [1.82, 2.24) is 19.6 Å². The van der Waals surface area contributed by atoms with E-state index in [0.717, 1.165) is 19.6 Å². The van der Waals surface area contributed by atoms with Gasteiger partial charge in [0.1, 0.15) is 11.8 Å². The molecule has 3 fully saturated rings. The number of likely N-dealkylation sites (tertiary alicyclic amines) is 1. The average molecular weight is 511 g/mol. The van der Waals surface area contributed by atoms with Gasteiger partial charge >= 0.3 is 0 Å². The molecule has 0 radical (unpaired) electrons. The minimum atomic E-state index is -0.937. The molecule has 3 aliphatic heterocycles. The zero-order valence-corrected chi connectivity index (χ0v) is 21.2. The molecule has 10 heteroatoms. The van der Waals surface area contributed by atoms with E-state index in [-0.39, 0.29) is 24.3 Å². The molecule has 198 valence electrons. The highest BCUT2D eigenvalue weighted by atomic mass is 16.5. The minimum Gasteiger partial charge on any atom is -0.459 e. The van der Waals surface area contributed by atoms with Gasteiger partial charge in [-0.05, 0) is 24.3 Å². The van der Waals surface area contributed by atoms with Gasteiger partial charge in [0.15, 0.2) is 5.76 Å². The van der Waals surface area contributed by atoms with Crippen molar-refractivity contribution < 1.29 is 28.3 Å². The van der Waals surface area contributed by atoms with E-state index in [2.05, 4.69) is 4.90 Å². The molecule has 3 saturated heterocycles. The second-order valence-electron chi connectivity index (χ2n) is 9.74. The Morgan fingerprint density at radius 3 is 2.30 bits per heavy atom. The first kappa shape index (κ1) is 25.4. The maximum absolute atomic E-state index is 13.8. The largest absolute Gasteiger partial charge is 0.459 e. The van der Waals surface area contributed by atoms with Crippen molar-refractivity contribution in [2.75, 3.05) is 66.1 Å². The highest BCUT2D eigenvalue weighted by Crippen LogP contribution is 2.39. The third-order valence-corrected chi connectivity index (χ3v) is 7.64. The summed E-state index contributed by atoms with van der Waals surface area (Å²) in [5, 5.41) is 0. The van der Waals surface area contributed by atoms with Crippen LogP contribution in [0.4, 0.5) is 0 Å². The van der Waals surface area contributed by atoms with Crippen LogP contribution in [-0.4, -0.2) is 115 Å². The number of hydrogen-bond acceptors (Lipinski definition) is 7. The molecule has 0 unspecified atom stereocenters. The molecule has 1 atom stereocenters. The Morgan fingerprint density at radius 2 is 1.65 bits per heavy atom. The molecule has 1 aromatic carbocycles. The topological polar surface area (TPSA) is 95.8 Å². The average Bonchev–Trinajstić information content (AvgIpc) is 3.61. The monoisotopic (exact) mass is 510 g/mol. The summed E-state index contributed by atoms with van der Waals surface area (Å²) >= 11 is 0. The second-order valence-corrected chi connectivity index (χ2v) is 9.74. The van der Waals surface area contributed by atoms with Gasteiger partial charge in [0.25, 0.3) is 11.8 Å². The number of methoxy groups -OCH3 is 1. The molecule has 0 N–H and O–H groups in total. The van der Waals surface area contributed by atoms with Crippen molar-refractivity contribution >= 4 is 17.7 Å². The lowest BCUT2D eigenvalue weighted by molar-refractivity contribution is -0.139. The predicted octanol–water partition coefficient (Wildman–Crippen LogP) is 1.54. The van der Waals surface area contributed by atoms with Crippen molar-refractivity contribution in [2.24, 2.45) is 0 Å². The second kappa shape index (κ2) is 11.0. The molecular formula is C27H34N4O6. The summed E-state index contributed by atoms with van der Waals surface area (Å²) < 4.78 is 16.8. The van der Waals surface area contributed by atoms with Gasteiger partial charge in [-0.15, -0.1) is 0 Å². The number of amides is 3. The van der Waals surface area contributed by atoms with E-state index in [0.29, 0.717) is 57.0 Å². The molecule has 0 saturated carbocycles. The van der Waals surface area contributed by atoms with Gasteiger partial charge < -0.3 is 23.7 Å². The van der Waals surface area contributed by atoms with E-state index in [4.69, 9.17) is 13.9 Å². The first-order valence-electron chi connectivity index (χ1n) is 12.9. The molecule has 3 aliphatic rings. The fourth-order valence-electron chi connectivity index (χ4n) is 5.51. The van der Waals surface area contributed by atoms with Crippen LogP contribution in [0.2, 0.25) is 0 Å². The SMILES string of the molecule is COCCN1CCN(C(=O)[C@H]2COC3(CCN(C(=O)c4ccco4)CC3)N2C(=O)c2ccccc2)CC1. The van der Waals surface area contributed by atoms with Gasteiger partial charge in [-0.1, -0.05) is 18.2 Å². The number of carbonyl (C=O) groups excluding carboxylic acids is 3. The Hall–Kier alpha value is -3.21. The molecule has 2 aromatic rings. The number of carbonyl (C=O) groups is 3. The smallest absolute Gasteiger partial charge is 0.289 e. The minimum absolute atomic E-state index is 0.0818. The lowest BCUT2D eigenvalue weighted by Crippen LogP contribution is -2.61. The predicted molar refractivity (Wildman–Crippen MR) is 134 cm³/mol. The van der Waals surface area contributed by atoms with Gasteiger partial charge in [-0.2, -0.15) is 0 Å². The first-order chi connectivity index (χ1) is 18.0. The number of benzene rings is 1. The quantitative estimate of drug-likeness (QED) is 0.582. The number of hydrogen-bond donors (Lipinski definition) is 0. The van der Waals surface area contributed by atoms with E-state index in [9.17, 15) is 14.4 Å². The van der Waals surface area contributed by atoms with Gasteiger partial charge in [0, 0.05) is 71.3 Å². The van der Waals surface area contributed by atoms with Crippen LogP contribution in [0.15, 0.2) is 53.1 Å². The molecule has 0 aliphatic carbocycles. The van der Waals surface area contributed by atoms with E-state index in [1.165, 1.54) is 6.26 Å². The van der Waals surface area contributed by atoms with Crippen LogP contribution in [0.3, 0.4) is 0 Å². The Bertz CT molecular complexity index is 1080. The first-order valence-corrected chi connectivity index (χ1v) is 12.9. The molecule has 3 amide bonds. The Kier molecular flexibility index (Phi) is 7.59. The number of piperazine rings is 1. The van der Waals surface area contributed by atoms with Gasteiger partial charge in [0.2, 0.25) is 5.91 Å². The van der Waals surface area contributed by atoms with Crippen LogP contribution < -0.4 is 0 Å². The van der Waals surface area contributed by atoms with Gasteiger partial charge in [-0.25, -0.2) is 0 Å². The standard InChI is InChI=1S/C27H34N4O6/c1-35-19-17-28-13-15-30(16-14-28)25(33)22-20-37-27(31(22)24(32)21-6-3-2-4-7-21)9-11-29(12-10-27)26(34)23-8-5-18-36-23/h2-8,18,22H,9-17,19-20H2,1H3/t22-/m1/s1. The lowest BCUT2D eigenvalue weighted by atomic mass is 9.96. The molecular weight excluding hydrogens is 476 g/mol. The summed E-state index contributed by atoms with van der Waals surface area (Å²) in [7, 11) is 1.69. The molecule has 1 spiro atoms. The zero-order chi connectivity index (χ0) is 25.8. The van der Waals surface area contributed by atoms with E-state index in [1.807, 2.05) is 23.1 Å². The van der Waals surface area contributed by atoms with Crippen LogP contribution in [0.5, 0.6) is 0 Å². The van der Waals surface area contributed by atoms with Gasteiger partial charge in [-0.3, -0.25) is 24.2 Å². The number of piperidine rings is 1. The summed E-state index contributed by atoms with van der Waals surface area (Å²) in [6, 6.07) is 11.7. The molecule has 5 rings (SSSR count). The normalized spacial score (nSPS) is 22.0. The number of rotatable bonds is 6. The molecule has 1 aromatic heterocycles. The highest BCUT2D eigenvalue weighted by Gasteiger charge is 2.55. The Morgan fingerprint density at radius 1 is 0.919 bits per heavy atom. The maximum Gasteiger partial charge on any atom is 0.289 e. The lowest BCUT2D eigenvalue weighted by Gasteiger charge is -2.45. The number of ether oxygens (including phenoxy) is 2. The summed E-state index contributed by atoms with van der Waals surface area (Å²) in [5.74, 6) is -0.196. The molecule has 4 heterocycles. The van der Waals surface area contributed by atoms with Crippen LogP contribution in [0, 0.1) is 0 Å². The van der Waals surface area contributed by atoms with Gasteiger partial charge in [0.05, 0.1) is 19.5 Å². The van der Waals surface area contributed by atoms with Crippen molar-refractivity contribution in [3.05, 3.63) is 60.1 Å². The van der Waals surface area contributed by atoms with Crippen molar-refractivity contribution in [2.45, 2.75) is 24.6 Å². The van der Waals surface area contributed by atoms with Crippen molar-refractivity contribution in [1.29, 1.82) is 0 Å². The maximum atomic E-state index is 13.8. The Balaban J connectivity index is 1.33. The van der Waals surface area contributed by atoms with Crippen LogP contribution in [0.25, 0.3) is 0 Å². The van der Waals surface area contributed by atoms with Crippen LogP contribution >= 0.6 is 0 Å². The van der Waals surface area contributed by atoms with Crippen molar-refractivity contribution in [3.63, 3.8) is 0 Å². The number of nitrogens with zero attached hydrogens (tertiary/aromatic N) is 4. The third-order valence-electron chi connectivity index (χ3n) is 7.64.